The number of nitrogens with zero attached hydrogens (tertiary/aromatic N) is 3. The van der Waals surface area contributed by atoms with Crippen LogP contribution in [-0.4, -0.2) is 42.0 Å². The fraction of sp³-hybridized carbons (Fsp3) is 0.765. The molecule has 0 aliphatic carbocycles. The topological polar surface area (TPSA) is 40.5 Å². The second-order valence-electron chi connectivity index (χ2n) is 6.58. The van der Waals surface area contributed by atoms with Crippen LogP contribution < -0.4 is 5.32 Å². The molecule has 0 aromatic carbocycles. The van der Waals surface area contributed by atoms with Gasteiger partial charge in [-0.25, -0.2) is 4.98 Å². The predicted molar refractivity (Wildman–Crippen MR) is 95.8 cm³/mol. The van der Waals surface area contributed by atoms with E-state index in [1.807, 2.05) is 0 Å². The van der Waals surface area contributed by atoms with Gasteiger partial charge in [0.2, 0.25) is 0 Å². The van der Waals surface area contributed by atoms with Gasteiger partial charge < -0.3 is 10.2 Å². The molecule has 2 rings (SSSR count). The average molecular weight is 323 g/mol. The highest BCUT2D eigenvalue weighted by molar-refractivity contribution is 7.11. The lowest BCUT2D eigenvalue weighted by atomic mass is 9.92. The van der Waals surface area contributed by atoms with E-state index in [4.69, 9.17) is 4.99 Å². The van der Waals surface area contributed by atoms with Crippen LogP contribution >= 0.6 is 11.3 Å². The van der Waals surface area contributed by atoms with Gasteiger partial charge in [0.05, 0.1) is 10.7 Å². The molecular formula is C17H30N4S. The summed E-state index contributed by atoms with van der Waals surface area (Å²) >= 11 is 1.80. The molecule has 22 heavy (non-hydrogen) atoms. The van der Waals surface area contributed by atoms with Gasteiger partial charge in [0.1, 0.15) is 0 Å². The molecule has 0 amide bonds. The van der Waals surface area contributed by atoms with Crippen molar-refractivity contribution in [2.24, 2.45) is 16.8 Å². The number of likely N-dealkylation sites (tertiary alicyclic amines) is 1. The zero-order valence-electron chi connectivity index (χ0n) is 14.6. The first-order valence-electron chi connectivity index (χ1n) is 8.45. The minimum Gasteiger partial charge on any atom is -0.357 e. The first-order valence-corrected chi connectivity index (χ1v) is 9.27. The van der Waals surface area contributed by atoms with Crippen molar-refractivity contribution >= 4 is 17.3 Å². The van der Waals surface area contributed by atoms with E-state index in [-0.39, 0.29) is 0 Å². The Morgan fingerprint density at radius 3 is 2.55 bits per heavy atom. The number of hydrogen-bond acceptors (Lipinski definition) is 3. The maximum Gasteiger partial charge on any atom is 0.193 e. The molecule has 1 N–H and O–H groups in total. The van der Waals surface area contributed by atoms with Gasteiger partial charge in [-0.05, 0) is 39.0 Å². The van der Waals surface area contributed by atoms with Crippen molar-refractivity contribution in [1.29, 1.82) is 0 Å². The van der Waals surface area contributed by atoms with E-state index in [1.54, 1.807) is 11.3 Å². The van der Waals surface area contributed by atoms with E-state index in [1.165, 1.54) is 17.0 Å². The molecule has 0 spiro atoms. The summed E-state index contributed by atoms with van der Waals surface area (Å²) in [6, 6.07) is 0. The summed E-state index contributed by atoms with van der Waals surface area (Å²) in [7, 11) is 0. The largest absolute Gasteiger partial charge is 0.357 e. The van der Waals surface area contributed by atoms with Crippen molar-refractivity contribution in [2.45, 2.75) is 47.5 Å². The molecule has 4 nitrogen and oxygen atoms in total. The van der Waals surface area contributed by atoms with Crippen LogP contribution in [0, 0.1) is 25.7 Å². The van der Waals surface area contributed by atoms with Gasteiger partial charge in [-0.1, -0.05) is 13.8 Å². The second-order valence-corrected chi connectivity index (χ2v) is 7.87. The molecule has 5 heteroatoms. The van der Waals surface area contributed by atoms with Crippen molar-refractivity contribution in [3.8, 4) is 0 Å². The fourth-order valence-corrected chi connectivity index (χ4v) is 4.26. The van der Waals surface area contributed by atoms with Crippen LogP contribution in [-0.2, 0) is 6.42 Å². The number of aryl methyl sites for hydroxylation is 2. The maximum absolute atomic E-state index is 4.86. The molecular weight excluding hydrogens is 292 g/mol. The lowest BCUT2D eigenvalue weighted by Gasteiger charge is -2.37. The molecule has 2 unspecified atom stereocenters. The molecule has 1 aliphatic heterocycles. The zero-order chi connectivity index (χ0) is 16.1. The normalized spacial score (nSPS) is 23.0. The number of rotatable bonds is 4. The van der Waals surface area contributed by atoms with E-state index in [9.17, 15) is 0 Å². The Morgan fingerprint density at radius 1 is 1.32 bits per heavy atom. The fourth-order valence-electron chi connectivity index (χ4n) is 3.33. The van der Waals surface area contributed by atoms with Gasteiger partial charge in [-0.2, -0.15) is 0 Å². The van der Waals surface area contributed by atoms with Crippen molar-refractivity contribution in [2.75, 3.05) is 26.2 Å². The summed E-state index contributed by atoms with van der Waals surface area (Å²) in [4.78, 5) is 13.2. The summed E-state index contributed by atoms with van der Waals surface area (Å²) in [6.45, 7) is 15.0. The maximum atomic E-state index is 4.86. The molecule has 1 fully saturated rings. The summed E-state index contributed by atoms with van der Waals surface area (Å²) < 4.78 is 0. The van der Waals surface area contributed by atoms with Crippen molar-refractivity contribution in [1.82, 2.24) is 15.2 Å². The van der Waals surface area contributed by atoms with Gasteiger partial charge in [-0.3, -0.25) is 4.99 Å². The standard InChI is InChI=1S/C17H30N4S/c1-6-18-17(21-10-12(2)9-13(3)11-21)19-8-7-16-14(4)20-15(5)22-16/h12-13H,6-11H2,1-5H3,(H,18,19). The minimum absolute atomic E-state index is 0.749. The number of aromatic nitrogens is 1. The number of guanidine groups is 1. The number of piperidine rings is 1. The highest BCUT2D eigenvalue weighted by atomic mass is 32.1. The van der Waals surface area contributed by atoms with Crippen molar-refractivity contribution in [3.05, 3.63) is 15.6 Å². The Morgan fingerprint density at radius 2 is 2.00 bits per heavy atom. The first-order chi connectivity index (χ1) is 10.5. The van der Waals surface area contributed by atoms with Crippen LogP contribution in [0.15, 0.2) is 4.99 Å². The Bertz CT molecular complexity index is 499. The third-order valence-corrected chi connectivity index (χ3v) is 5.24. The Labute approximate surface area is 139 Å². The molecule has 1 saturated heterocycles. The zero-order valence-corrected chi connectivity index (χ0v) is 15.5. The Hall–Kier alpha value is -1.10. The molecule has 2 heterocycles. The molecule has 1 aliphatic rings. The molecule has 0 saturated carbocycles. The van der Waals surface area contributed by atoms with Gasteiger partial charge in [0.15, 0.2) is 5.96 Å². The number of aliphatic imine (C=N–C) groups is 1. The quantitative estimate of drug-likeness (QED) is 0.683. The third-order valence-electron chi connectivity index (χ3n) is 4.10. The third kappa shape index (κ3) is 4.70. The van der Waals surface area contributed by atoms with Gasteiger partial charge in [-0.15, -0.1) is 11.3 Å². The summed E-state index contributed by atoms with van der Waals surface area (Å²) in [5, 5.41) is 4.62. The smallest absolute Gasteiger partial charge is 0.193 e. The number of thiazole rings is 1. The summed E-state index contributed by atoms with van der Waals surface area (Å²) in [5.41, 5.74) is 1.17. The Balaban J connectivity index is 1.99. The molecule has 0 bridgehead atoms. The molecule has 1 aromatic rings. The van der Waals surface area contributed by atoms with Crippen molar-refractivity contribution < 1.29 is 0 Å². The highest BCUT2D eigenvalue weighted by Gasteiger charge is 2.23. The van der Waals surface area contributed by atoms with Crippen LogP contribution in [0.2, 0.25) is 0 Å². The lowest BCUT2D eigenvalue weighted by Crippen LogP contribution is -2.48. The van der Waals surface area contributed by atoms with Crippen LogP contribution in [0.1, 0.15) is 42.8 Å². The van der Waals surface area contributed by atoms with Gasteiger partial charge >= 0.3 is 0 Å². The lowest BCUT2D eigenvalue weighted by molar-refractivity contribution is 0.208. The summed E-state index contributed by atoms with van der Waals surface area (Å²) in [6.07, 6.45) is 2.32. The summed E-state index contributed by atoms with van der Waals surface area (Å²) in [5.74, 6) is 2.58. The molecule has 1 aromatic heterocycles. The van der Waals surface area contributed by atoms with E-state index >= 15 is 0 Å². The SMILES string of the molecule is CCNC(=NCCc1sc(C)nc1C)N1CC(C)CC(C)C1. The number of nitrogens with one attached hydrogen (secondary N) is 1. The number of hydrogen-bond donors (Lipinski definition) is 1. The minimum atomic E-state index is 0.749. The van der Waals surface area contributed by atoms with E-state index in [0.717, 1.165) is 55.4 Å². The molecule has 124 valence electrons. The predicted octanol–water partition coefficient (Wildman–Crippen LogP) is 3.25. The van der Waals surface area contributed by atoms with E-state index < -0.39 is 0 Å². The second kappa shape index (κ2) is 7.95. The van der Waals surface area contributed by atoms with E-state index in [2.05, 4.69) is 49.8 Å². The molecule has 2 atom stereocenters. The highest BCUT2D eigenvalue weighted by Crippen LogP contribution is 2.21. The van der Waals surface area contributed by atoms with Gasteiger partial charge in [0.25, 0.3) is 0 Å². The van der Waals surface area contributed by atoms with E-state index in [0.29, 0.717) is 0 Å². The monoisotopic (exact) mass is 322 g/mol. The van der Waals surface area contributed by atoms with Crippen LogP contribution in [0.25, 0.3) is 0 Å². The van der Waals surface area contributed by atoms with Crippen LogP contribution in [0.4, 0.5) is 0 Å². The van der Waals surface area contributed by atoms with Crippen LogP contribution in [0.5, 0.6) is 0 Å². The first kappa shape index (κ1) is 17.3. The molecule has 0 radical (unpaired) electrons. The Kier molecular flexibility index (Phi) is 6.24. The van der Waals surface area contributed by atoms with Gasteiger partial charge in [0, 0.05) is 37.5 Å². The van der Waals surface area contributed by atoms with Crippen LogP contribution in [0.3, 0.4) is 0 Å². The van der Waals surface area contributed by atoms with Crippen molar-refractivity contribution in [3.63, 3.8) is 0 Å². The average Bonchev–Trinajstić information content (AvgIpc) is 2.75.